The molecule has 2 heterocycles. The molecule has 8 nitrogen and oxygen atoms in total. The first-order valence-corrected chi connectivity index (χ1v) is 7.33. The van der Waals surface area contributed by atoms with Gasteiger partial charge in [-0.25, -0.2) is 4.79 Å². The van der Waals surface area contributed by atoms with Crippen molar-refractivity contribution >= 4 is 23.4 Å². The summed E-state index contributed by atoms with van der Waals surface area (Å²) in [6.45, 7) is 0. The number of rotatable bonds is 4. The predicted molar refractivity (Wildman–Crippen MR) is 92.3 cm³/mol. The van der Waals surface area contributed by atoms with E-state index >= 15 is 0 Å². The van der Waals surface area contributed by atoms with Crippen LogP contribution in [0.2, 0.25) is 0 Å². The number of benzene rings is 1. The number of carboxylic acid groups (broad SMARTS) is 1. The first kappa shape index (κ1) is 16.6. The molecule has 0 amide bonds. The number of carbonyl (C=O) groups is 1. The van der Waals surface area contributed by atoms with Crippen LogP contribution in [0.4, 0.5) is 5.82 Å². The summed E-state index contributed by atoms with van der Waals surface area (Å²) in [6, 6.07) is 13.5. The maximum Gasteiger partial charge on any atom is 0.335 e. The van der Waals surface area contributed by atoms with Crippen LogP contribution in [0.3, 0.4) is 0 Å². The molecular weight excluding hydrogens is 334 g/mol. The van der Waals surface area contributed by atoms with Crippen LogP contribution in [0, 0.1) is 22.7 Å². The van der Waals surface area contributed by atoms with Gasteiger partial charge >= 0.3 is 5.97 Å². The number of anilines is 1. The minimum Gasteiger partial charge on any atom is -0.478 e. The number of aromatic nitrogens is 2. The summed E-state index contributed by atoms with van der Waals surface area (Å²) < 4.78 is 5.67. The number of aromatic carboxylic acids is 1. The van der Waals surface area contributed by atoms with Gasteiger partial charge in [-0.15, -0.1) is 0 Å². The molecule has 0 aliphatic carbocycles. The largest absolute Gasteiger partial charge is 0.478 e. The average Bonchev–Trinajstić information content (AvgIpc) is 3.26. The van der Waals surface area contributed by atoms with Crippen molar-refractivity contribution in [2.75, 3.05) is 5.73 Å². The average molecular weight is 345 g/mol. The van der Waals surface area contributed by atoms with Crippen molar-refractivity contribution in [3.05, 3.63) is 59.0 Å². The Morgan fingerprint density at radius 3 is 2.81 bits per heavy atom. The lowest BCUT2D eigenvalue weighted by Crippen LogP contribution is -1.95. The van der Waals surface area contributed by atoms with Crippen molar-refractivity contribution in [3.8, 4) is 23.5 Å². The fraction of sp³-hybridized carbons (Fsp3) is 0. The van der Waals surface area contributed by atoms with Gasteiger partial charge in [-0.3, -0.25) is 5.10 Å². The fourth-order valence-corrected chi connectivity index (χ4v) is 2.36. The van der Waals surface area contributed by atoms with Crippen molar-refractivity contribution in [2.24, 2.45) is 0 Å². The third kappa shape index (κ3) is 3.03. The van der Waals surface area contributed by atoms with Gasteiger partial charge in [-0.1, -0.05) is 12.1 Å². The standard InChI is InChI=1S/C18H11N5O3/c19-8-12(16-14(9-20)17(21)23-22-16)7-13-4-5-15(26-13)10-2-1-3-11(6-10)18(24)25/h1-7H,(H,24,25)(H3,21,22,23). The summed E-state index contributed by atoms with van der Waals surface area (Å²) in [5.74, 6) is -0.226. The Morgan fingerprint density at radius 1 is 1.31 bits per heavy atom. The fourth-order valence-electron chi connectivity index (χ4n) is 2.36. The summed E-state index contributed by atoms with van der Waals surface area (Å²) in [4.78, 5) is 11.1. The van der Waals surface area contributed by atoms with Gasteiger partial charge < -0.3 is 15.3 Å². The van der Waals surface area contributed by atoms with Crippen LogP contribution in [-0.2, 0) is 0 Å². The van der Waals surface area contributed by atoms with Gasteiger partial charge in [0.2, 0.25) is 0 Å². The number of nitriles is 2. The Hall–Kier alpha value is -4.30. The number of nitrogens with two attached hydrogens (primary N) is 1. The highest BCUT2D eigenvalue weighted by atomic mass is 16.4. The molecule has 4 N–H and O–H groups in total. The van der Waals surface area contributed by atoms with E-state index in [1.165, 1.54) is 18.2 Å². The van der Waals surface area contributed by atoms with E-state index in [9.17, 15) is 10.1 Å². The summed E-state index contributed by atoms with van der Waals surface area (Å²) >= 11 is 0. The molecule has 0 aliphatic heterocycles. The normalized spacial score (nSPS) is 10.9. The van der Waals surface area contributed by atoms with Crippen molar-refractivity contribution in [1.82, 2.24) is 10.2 Å². The Kier molecular flexibility index (Phi) is 4.25. The predicted octanol–water partition coefficient (Wildman–Crippen LogP) is 2.89. The van der Waals surface area contributed by atoms with Crippen LogP contribution in [-0.4, -0.2) is 21.3 Å². The second-order valence-electron chi connectivity index (χ2n) is 5.23. The molecule has 0 bridgehead atoms. The molecule has 0 atom stereocenters. The quantitative estimate of drug-likeness (QED) is 0.614. The van der Waals surface area contributed by atoms with Crippen LogP contribution in [0.25, 0.3) is 23.0 Å². The number of furan rings is 1. The van der Waals surface area contributed by atoms with Crippen LogP contribution in [0.5, 0.6) is 0 Å². The third-order valence-electron chi connectivity index (χ3n) is 3.60. The molecule has 0 unspecified atom stereocenters. The first-order chi connectivity index (χ1) is 12.5. The first-order valence-electron chi connectivity index (χ1n) is 7.33. The zero-order chi connectivity index (χ0) is 18.7. The van der Waals surface area contributed by atoms with E-state index in [1.807, 2.05) is 12.1 Å². The zero-order valence-electron chi connectivity index (χ0n) is 13.2. The highest BCUT2D eigenvalue weighted by molar-refractivity contribution is 5.91. The molecule has 1 aromatic carbocycles. The summed E-state index contributed by atoms with van der Waals surface area (Å²) in [5, 5.41) is 33.8. The molecule has 2 aromatic heterocycles. The molecule has 126 valence electrons. The molecule has 26 heavy (non-hydrogen) atoms. The lowest BCUT2D eigenvalue weighted by atomic mass is 10.1. The molecule has 0 saturated carbocycles. The number of aromatic amines is 1. The van der Waals surface area contributed by atoms with E-state index in [-0.39, 0.29) is 28.2 Å². The van der Waals surface area contributed by atoms with Crippen molar-refractivity contribution < 1.29 is 14.3 Å². The Balaban J connectivity index is 1.98. The van der Waals surface area contributed by atoms with E-state index in [0.717, 1.165) is 0 Å². The Morgan fingerprint density at radius 2 is 2.12 bits per heavy atom. The van der Waals surface area contributed by atoms with Gasteiger partial charge in [-0.05, 0) is 24.3 Å². The van der Waals surface area contributed by atoms with Gasteiger partial charge in [0, 0.05) is 11.6 Å². The molecule has 0 radical (unpaired) electrons. The van der Waals surface area contributed by atoms with Crippen molar-refractivity contribution in [3.63, 3.8) is 0 Å². The number of allylic oxidation sites excluding steroid dienone is 1. The molecular formula is C18H11N5O3. The highest BCUT2D eigenvalue weighted by Crippen LogP contribution is 2.27. The summed E-state index contributed by atoms with van der Waals surface area (Å²) in [5.41, 5.74) is 6.73. The molecule has 8 heteroatoms. The number of hydrogen-bond donors (Lipinski definition) is 3. The summed E-state index contributed by atoms with van der Waals surface area (Å²) in [6.07, 6.45) is 1.44. The van der Waals surface area contributed by atoms with E-state index in [0.29, 0.717) is 17.1 Å². The van der Waals surface area contributed by atoms with E-state index in [1.54, 1.807) is 24.3 Å². The zero-order valence-corrected chi connectivity index (χ0v) is 13.2. The highest BCUT2D eigenvalue weighted by Gasteiger charge is 2.15. The van der Waals surface area contributed by atoms with Gasteiger partial charge in [-0.2, -0.15) is 15.6 Å². The topological polar surface area (TPSA) is 153 Å². The maximum atomic E-state index is 11.1. The van der Waals surface area contributed by atoms with Crippen molar-refractivity contribution in [1.29, 1.82) is 10.5 Å². The van der Waals surface area contributed by atoms with Crippen molar-refractivity contribution in [2.45, 2.75) is 0 Å². The molecule has 3 aromatic rings. The van der Waals surface area contributed by atoms with Gasteiger partial charge in [0.05, 0.1) is 16.8 Å². The summed E-state index contributed by atoms with van der Waals surface area (Å²) in [7, 11) is 0. The van der Waals surface area contributed by atoms with Gasteiger partial charge in [0.1, 0.15) is 29.2 Å². The second-order valence-corrected chi connectivity index (χ2v) is 5.23. The molecule has 3 rings (SSSR count). The minimum atomic E-state index is -1.04. The van der Waals surface area contributed by atoms with Crippen LogP contribution in [0.15, 0.2) is 40.8 Å². The number of nitrogens with zero attached hydrogens (tertiary/aromatic N) is 3. The number of nitrogens with one attached hydrogen (secondary N) is 1. The Labute approximate surface area is 147 Å². The number of H-pyrrole nitrogens is 1. The van der Waals surface area contributed by atoms with E-state index < -0.39 is 5.97 Å². The number of nitrogen functional groups attached to an aromatic ring is 1. The van der Waals surface area contributed by atoms with Crippen LogP contribution >= 0.6 is 0 Å². The molecule has 0 spiro atoms. The van der Waals surface area contributed by atoms with E-state index in [2.05, 4.69) is 10.2 Å². The van der Waals surface area contributed by atoms with E-state index in [4.69, 9.17) is 20.5 Å². The molecule has 0 aliphatic rings. The smallest absolute Gasteiger partial charge is 0.335 e. The van der Waals surface area contributed by atoms with Crippen LogP contribution < -0.4 is 5.73 Å². The third-order valence-corrected chi connectivity index (χ3v) is 3.60. The maximum absolute atomic E-state index is 11.1. The lowest BCUT2D eigenvalue weighted by Gasteiger charge is -1.99. The number of carboxylic acids is 1. The molecule has 0 fully saturated rings. The lowest BCUT2D eigenvalue weighted by molar-refractivity contribution is 0.0697. The van der Waals surface area contributed by atoms with Gasteiger partial charge in [0.25, 0.3) is 0 Å². The minimum absolute atomic E-state index is 0.00858. The second kappa shape index (κ2) is 6.67. The number of hydrogen-bond acceptors (Lipinski definition) is 6. The molecule has 0 saturated heterocycles. The Bertz CT molecular complexity index is 1110. The van der Waals surface area contributed by atoms with Gasteiger partial charge in [0.15, 0.2) is 5.82 Å². The SMILES string of the molecule is N#CC(=Cc1ccc(-c2cccc(C(=O)O)c2)o1)c1[nH]nc(N)c1C#N. The van der Waals surface area contributed by atoms with Crippen LogP contribution in [0.1, 0.15) is 27.4 Å². The monoisotopic (exact) mass is 345 g/mol.